The minimum atomic E-state index is -0.728. The Morgan fingerprint density at radius 3 is 2.47 bits per heavy atom. The van der Waals surface area contributed by atoms with Gasteiger partial charge in [-0.1, -0.05) is 67.9 Å². The molecule has 0 saturated carbocycles. The van der Waals surface area contributed by atoms with E-state index in [1.54, 1.807) is 12.1 Å². The third-order valence-electron chi connectivity index (χ3n) is 4.94. The van der Waals surface area contributed by atoms with Crippen molar-refractivity contribution in [2.24, 2.45) is 0 Å². The van der Waals surface area contributed by atoms with Crippen LogP contribution in [0.1, 0.15) is 44.6 Å². The normalized spacial score (nSPS) is 11.7. The molecule has 0 radical (unpaired) electrons. The maximum absolute atomic E-state index is 13.1. The van der Waals surface area contributed by atoms with E-state index >= 15 is 0 Å². The molecule has 0 aliphatic carbocycles. The third-order valence-corrected chi connectivity index (χ3v) is 5.83. The van der Waals surface area contributed by atoms with Crippen LogP contribution in [-0.2, 0) is 16.0 Å². The number of hydrogen-bond donors (Lipinski definition) is 2. The van der Waals surface area contributed by atoms with Gasteiger partial charge in [-0.2, -0.15) is 0 Å². The number of rotatable bonds is 11. The van der Waals surface area contributed by atoms with E-state index in [-0.39, 0.29) is 17.6 Å². The summed E-state index contributed by atoms with van der Waals surface area (Å²) in [5, 5.41) is 14.6. The number of halogens is 1. The van der Waals surface area contributed by atoms with Crippen molar-refractivity contribution >= 4 is 28.3 Å². The smallest absolute Gasteiger partial charge is 0.249 e. The van der Waals surface area contributed by atoms with Crippen LogP contribution in [0.2, 0.25) is 0 Å². The SMILES string of the molecule is CCCCCCC(=O)NC(Cc1ccccc1)C(=O)Nc1nnc(-c2ccc(F)cc2)s1. The second-order valence-corrected chi connectivity index (χ2v) is 8.51. The summed E-state index contributed by atoms with van der Waals surface area (Å²) in [5.74, 6) is -0.819. The molecule has 168 valence electrons. The van der Waals surface area contributed by atoms with E-state index < -0.39 is 6.04 Å². The Labute approximate surface area is 191 Å². The Morgan fingerprint density at radius 2 is 1.75 bits per heavy atom. The van der Waals surface area contributed by atoms with E-state index in [1.165, 1.54) is 23.5 Å². The number of amides is 2. The zero-order chi connectivity index (χ0) is 22.8. The van der Waals surface area contributed by atoms with Crippen LogP contribution in [0.3, 0.4) is 0 Å². The summed E-state index contributed by atoms with van der Waals surface area (Å²) in [6, 6.07) is 14.7. The monoisotopic (exact) mass is 454 g/mol. The Kier molecular flexibility index (Phi) is 8.86. The number of carbonyl (C=O) groups is 2. The van der Waals surface area contributed by atoms with Gasteiger partial charge in [-0.05, 0) is 36.2 Å². The lowest BCUT2D eigenvalue weighted by molar-refractivity contribution is -0.126. The van der Waals surface area contributed by atoms with Gasteiger partial charge in [-0.15, -0.1) is 10.2 Å². The third kappa shape index (κ3) is 7.23. The molecule has 32 heavy (non-hydrogen) atoms. The number of hydrogen-bond acceptors (Lipinski definition) is 5. The molecule has 0 spiro atoms. The van der Waals surface area contributed by atoms with Crippen LogP contribution in [0.5, 0.6) is 0 Å². The Bertz CT molecular complexity index is 1010. The molecule has 6 nitrogen and oxygen atoms in total. The van der Waals surface area contributed by atoms with Crippen molar-refractivity contribution in [2.45, 2.75) is 51.5 Å². The van der Waals surface area contributed by atoms with Crippen LogP contribution < -0.4 is 10.6 Å². The highest BCUT2D eigenvalue weighted by Gasteiger charge is 2.22. The first-order valence-electron chi connectivity index (χ1n) is 10.8. The molecule has 2 amide bonds. The molecule has 1 unspecified atom stereocenters. The molecule has 3 aromatic rings. The lowest BCUT2D eigenvalue weighted by atomic mass is 10.0. The van der Waals surface area contributed by atoms with Crippen LogP contribution in [0, 0.1) is 5.82 Å². The van der Waals surface area contributed by atoms with Crippen molar-refractivity contribution in [1.29, 1.82) is 0 Å². The van der Waals surface area contributed by atoms with E-state index in [1.807, 2.05) is 30.3 Å². The van der Waals surface area contributed by atoms with Crippen molar-refractivity contribution in [3.8, 4) is 10.6 Å². The average Bonchev–Trinajstić information content (AvgIpc) is 3.26. The van der Waals surface area contributed by atoms with Gasteiger partial charge in [0.25, 0.3) is 0 Å². The zero-order valence-electron chi connectivity index (χ0n) is 18.0. The minimum Gasteiger partial charge on any atom is -0.344 e. The van der Waals surface area contributed by atoms with Gasteiger partial charge in [0.1, 0.15) is 16.9 Å². The molecule has 0 aliphatic heterocycles. The molecular formula is C24H27FN4O2S. The van der Waals surface area contributed by atoms with Gasteiger partial charge < -0.3 is 5.32 Å². The maximum Gasteiger partial charge on any atom is 0.249 e. The number of nitrogens with zero attached hydrogens (tertiary/aromatic N) is 2. The lowest BCUT2D eigenvalue weighted by Gasteiger charge is -2.18. The highest BCUT2D eigenvalue weighted by Crippen LogP contribution is 2.26. The van der Waals surface area contributed by atoms with Crippen LogP contribution in [0.15, 0.2) is 54.6 Å². The van der Waals surface area contributed by atoms with Crippen LogP contribution >= 0.6 is 11.3 Å². The topological polar surface area (TPSA) is 84.0 Å². The van der Waals surface area contributed by atoms with Crippen LogP contribution in [0.25, 0.3) is 10.6 Å². The summed E-state index contributed by atoms with van der Waals surface area (Å²) < 4.78 is 13.1. The van der Waals surface area contributed by atoms with Gasteiger partial charge in [-0.3, -0.25) is 14.9 Å². The molecule has 1 atom stereocenters. The quantitative estimate of drug-likeness (QED) is 0.400. The van der Waals surface area contributed by atoms with Crippen molar-refractivity contribution in [1.82, 2.24) is 15.5 Å². The number of aromatic nitrogens is 2. The van der Waals surface area contributed by atoms with Gasteiger partial charge >= 0.3 is 0 Å². The molecule has 0 saturated heterocycles. The molecule has 8 heteroatoms. The van der Waals surface area contributed by atoms with E-state index in [4.69, 9.17) is 0 Å². The summed E-state index contributed by atoms with van der Waals surface area (Å²) in [4.78, 5) is 25.4. The van der Waals surface area contributed by atoms with E-state index in [9.17, 15) is 14.0 Å². The largest absolute Gasteiger partial charge is 0.344 e. The molecule has 0 aliphatic rings. The fraction of sp³-hybridized carbons (Fsp3) is 0.333. The first-order chi connectivity index (χ1) is 15.5. The highest BCUT2D eigenvalue weighted by atomic mass is 32.1. The number of unbranched alkanes of at least 4 members (excludes halogenated alkanes) is 3. The Morgan fingerprint density at radius 1 is 1.00 bits per heavy atom. The molecule has 0 fully saturated rings. The molecule has 3 rings (SSSR count). The number of anilines is 1. The van der Waals surface area contributed by atoms with Crippen molar-refractivity contribution < 1.29 is 14.0 Å². The zero-order valence-corrected chi connectivity index (χ0v) is 18.8. The molecule has 0 bridgehead atoms. The molecular weight excluding hydrogens is 427 g/mol. The molecule has 1 aromatic heterocycles. The van der Waals surface area contributed by atoms with Gasteiger partial charge in [0.05, 0.1) is 0 Å². The highest BCUT2D eigenvalue weighted by molar-refractivity contribution is 7.18. The van der Waals surface area contributed by atoms with Crippen LogP contribution in [-0.4, -0.2) is 28.1 Å². The average molecular weight is 455 g/mol. The summed E-state index contributed by atoms with van der Waals surface area (Å²) in [6.45, 7) is 2.12. The summed E-state index contributed by atoms with van der Waals surface area (Å²) in [6.07, 6.45) is 4.76. The fourth-order valence-electron chi connectivity index (χ4n) is 3.21. The minimum absolute atomic E-state index is 0.138. The Balaban J connectivity index is 1.66. The number of nitrogens with one attached hydrogen (secondary N) is 2. The van der Waals surface area contributed by atoms with Crippen LogP contribution in [0.4, 0.5) is 9.52 Å². The van der Waals surface area contributed by atoms with E-state index in [2.05, 4.69) is 27.8 Å². The van der Waals surface area contributed by atoms with Crippen molar-refractivity contribution in [3.63, 3.8) is 0 Å². The fourth-order valence-corrected chi connectivity index (χ4v) is 3.97. The first kappa shape index (κ1) is 23.5. The number of carbonyl (C=O) groups excluding carboxylic acids is 2. The van der Waals surface area contributed by atoms with Crippen molar-refractivity contribution in [2.75, 3.05) is 5.32 Å². The van der Waals surface area contributed by atoms with Crippen molar-refractivity contribution in [3.05, 3.63) is 66.0 Å². The van der Waals surface area contributed by atoms with E-state index in [0.29, 0.717) is 28.5 Å². The Hall–Kier alpha value is -3.13. The molecule has 1 heterocycles. The molecule has 2 N–H and O–H groups in total. The summed E-state index contributed by atoms with van der Waals surface area (Å²) >= 11 is 1.19. The first-order valence-corrected chi connectivity index (χ1v) is 11.6. The van der Waals surface area contributed by atoms with Gasteiger partial charge in [-0.25, -0.2) is 4.39 Å². The number of benzene rings is 2. The summed E-state index contributed by atoms with van der Waals surface area (Å²) in [5.41, 5.74) is 1.66. The van der Waals surface area contributed by atoms with Gasteiger partial charge in [0.2, 0.25) is 16.9 Å². The second-order valence-electron chi connectivity index (χ2n) is 7.53. The van der Waals surface area contributed by atoms with Gasteiger partial charge in [0, 0.05) is 18.4 Å². The second kappa shape index (κ2) is 12.0. The summed E-state index contributed by atoms with van der Waals surface area (Å²) in [7, 11) is 0. The maximum atomic E-state index is 13.1. The standard InChI is InChI=1S/C24H27FN4O2S/c1-2-3-4-8-11-21(30)26-20(16-17-9-6-5-7-10-17)22(31)27-24-29-28-23(32-24)18-12-14-19(25)15-13-18/h5-7,9-10,12-15,20H,2-4,8,11,16H2,1H3,(H,26,30)(H,27,29,31). The lowest BCUT2D eigenvalue weighted by Crippen LogP contribution is -2.45. The van der Waals surface area contributed by atoms with E-state index in [0.717, 1.165) is 31.2 Å². The van der Waals surface area contributed by atoms with Gasteiger partial charge in [0.15, 0.2) is 0 Å². The molecule has 2 aromatic carbocycles. The predicted octanol–water partition coefficient (Wildman–Crippen LogP) is 4.98. The predicted molar refractivity (Wildman–Crippen MR) is 125 cm³/mol.